The molecular formula is C17H13N5O2. The van der Waals surface area contributed by atoms with Crippen molar-refractivity contribution < 1.29 is 9.59 Å². The van der Waals surface area contributed by atoms with Gasteiger partial charge in [-0.05, 0) is 24.3 Å². The largest absolute Gasteiger partial charge is 0.320 e. The second-order valence-corrected chi connectivity index (χ2v) is 4.79. The molecule has 0 bridgehead atoms. The molecule has 118 valence electrons. The van der Waals surface area contributed by atoms with Crippen molar-refractivity contribution in [1.82, 2.24) is 15.0 Å². The first kappa shape index (κ1) is 15.3. The van der Waals surface area contributed by atoms with Gasteiger partial charge >= 0.3 is 0 Å². The fraction of sp³-hybridized carbons (Fsp3) is 0. The van der Waals surface area contributed by atoms with Crippen LogP contribution >= 0.6 is 0 Å². The molecule has 2 heterocycles. The highest BCUT2D eigenvalue weighted by atomic mass is 16.2. The van der Waals surface area contributed by atoms with Gasteiger partial charge in [0.1, 0.15) is 5.69 Å². The molecule has 0 aliphatic carbocycles. The van der Waals surface area contributed by atoms with Gasteiger partial charge in [-0.25, -0.2) is 4.98 Å². The molecule has 0 atom stereocenters. The molecule has 7 nitrogen and oxygen atoms in total. The topological polar surface area (TPSA) is 96.9 Å². The number of nitrogens with one attached hydrogen (secondary N) is 2. The summed E-state index contributed by atoms with van der Waals surface area (Å²) in [6, 6.07) is 10.2. The van der Waals surface area contributed by atoms with Crippen molar-refractivity contribution in [2.45, 2.75) is 0 Å². The number of carbonyl (C=O) groups is 2. The zero-order valence-corrected chi connectivity index (χ0v) is 12.5. The van der Waals surface area contributed by atoms with Gasteiger partial charge in [0.05, 0.1) is 23.1 Å². The Hall–Kier alpha value is -3.61. The summed E-state index contributed by atoms with van der Waals surface area (Å²) in [4.78, 5) is 36.1. The van der Waals surface area contributed by atoms with Crippen LogP contribution in [0.25, 0.3) is 0 Å². The predicted octanol–water partition coefficient (Wildman–Crippen LogP) is 2.38. The van der Waals surface area contributed by atoms with E-state index in [0.29, 0.717) is 16.9 Å². The van der Waals surface area contributed by atoms with E-state index < -0.39 is 5.91 Å². The number of hydrogen-bond acceptors (Lipinski definition) is 5. The molecule has 1 aromatic carbocycles. The minimum Gasteiger partial charge on any atom is -0.320 e. The average Bonchev–Trinajstić information content (AvgIpc) is 2.64. The molecular weight excluding hydrogens is 306 g/mol. The van der Waals surface area contributed by atoms with E-state index in [0.717, 1.165) is 0 Å². The van der Waals surface area contributed by atoms with Gasteiger partial charge in [-0.1, -0.05) is 12.1 Å². The van der Waals surface area contributed by atoms with Crippen molar-refractivity contribution in [2.24, 2.45) is 0 Å². The van der Waals surface area contributed by atoms with Gasteiger partial charge in [-0.15, -0.1) is 0 Å². The molecule has 2 N–H and O–H groups in total. The molecule has 0 saturated carbocycles. The van der Waals surface area contributed by atoms with Crippen LogP contribution in [0.5, 0.6) is 0 Å². The van der Waals surface area contributed by atoms with E-state index in [1.807, 2.05) is 0 Å². The second kappa shape index (κ2) is 7.10. The zero-order valence-electron chi connectivity index (χ0n) is 12.5. The van der Waals surface area contributed by atoms with E-state index in [4.69, 9.17) is 0 Å². The van der Waals surface area contributed by atoms with Crippen LogP contribution < -0.4 is 10.6 Å². The van der Waals surface area contributed by atoms with Crippen LogP contribution in [0.4, 0.5) is 11.4 Å². The molecule has 0 fully saturated rings. The smallest absolute Gasteiger partial charge is 0.275 e. The van der Waals surface area contributed by atoms with E-state index in [9.17, 15) is 9.59 Å². The van der Waals surface area contributed by atoms with Crippen molar-refractivity contribution in [2.75, 3.05) is 10.6 Å². The van der Waals surface area contributed by atoms with Crippen LogP contribution in [-0.4, -0.2) is 26.8 Å². The molecule has 0 aliphatic rings. The number of rotatable bonds is 4. The standard InChI is InChI=1S/C17H13N5O2/c23-16(12-4-3-7-18-10-12)21-13-5-1-2-6-14(13)22-17(24)15-11-19-8-9-20-15/h1-11H,(H,21,23)(H,22,24). The molecule has 0 unspecified atom stereocenters. The molecule has 2 aromatic heterocycles. The van der Waals surface area contributed by atoms with Gasteiger partial charge in [0, 0.05) is 24.8 Å². The molecule has 0 radical (unpaired) electrons. The van der Waals surface area contributed by atoms with Gasteiger partial charge in [0.2, 0.25) is 0 Å². The summed E-state index contributed by atoms with van der Waals surface area (Å²) in [5, 5.41) is 5.47. The van der Waals surface area contributed by atoms with E-state index in [1.54, 1.807) is 42.6 Å². The predicted molar refractivity (Wildman–Crippen MR) is 88.6 cm³/mol. The third-order valence-corrected chi connectivity index (χ3v) is 3.14. The van der Waals surface area contributed by atoms with Crippen LogP contribution in [0.3, 0.4) is 0 Å². The van der Waals surface area contributed by atoms with Crippen molar-refractivity contribution in [1.29, 1.82) is 0 Å². The van der Waals surface area contributed by atoms with Gasteiger partial charge in [-0.3, -0.25) is 19.6 Å². The SMILES string of the molecule is O=C(Nc1ccccc1NC(=O)c1cnccn1)c1cccnc1. The first-order valence-electron chi connectivity index (χ1n) is 7.12. The quantitative estimate of drug-likeness (QED) is 0.769. The van der Waals surface area contributed by atoms with E-state index in [1.165, 1.54) is 24.8 Å². The van der Waals surface area contributed by atoms with Crippen molar-refractivity contribution in [3.63, 3.8) is 0 Å². The number of para-hydroxylation sites is 2. The summed E-state index contributed by atoms with van der Waals surface area (Å²) in [6.45, 7) is 0. The van der Waals surface area contributed by atoms with Gasteiger partial charge in [-0.2, -0.15) is 0 Å². The van der Waals surface area contributed by atoms with Crippen LogP contribution in [0.1, 0.15) is 20.8 Å². The minimum atomic E-state index is -0.411. The highest BCUT2D eigenvalue weighted by Gasteiger charge is 2.12. The Morgan fingerprint density at radius 1 is 0.750 bits per heavy atom. The molecule has 3 aromatic rings. The van der Waals surface area contributed by atoms with Crippen LogP contribution in [0, 0.1) is 0 Å². The second-order valence-electron chi connectivity index (χ2n) is 4.79. The highest BCUT2D eigenvalue weighted by Crippen LogP contribution is 2.22. The Morgan fingerprint density at radius 3 is 2.08 bits per heavy atom. The first-order chi connectivity index (χ1) is 11.7. The Morgan fingerprint density at radius 2 is 1.46 bits per heavy atom. The van der Waals surface area contributed by atoms with Crippen LogP contribution in [0.2, 0.25) is 0 Å². The lowest BCUT2D eigenvalue weighted by molar-refractivity contribution is 0.101. The summed E-state index contributed by atoms with van der Waals surface area (Å²) in [6.07, 6.45) is 7.35. The fourth-order valence-electron chi connectivity index (χ4n) is 2.00. The maximum absolute atomic E-state index is 12.2. The number of anilines is 2. The highest BCUT2D eigenvalue weighted by molar-refractivity contribution is 6.09. The van der Waals surface area contributed by atoms with E-state index >= 15 is 0 Å². The molecule has 0 aliphatic heterocycles. The number of amides is 2. The lowest BCUT2D eigenvalue weighted by atomic mass is 10.2. The fourth-order valence-corrected chi connectivity index (χ4v) is 2.00. The molecule has 0 spiro atoms. The third kappa shape index (κ3) is 3.58. The van der Waals surface area contributed by atoms with Crippen LogP contribution in [0.15, 0.2) is 67.4 Å². The number of carbonyl (C=O) groups excluding carboxylic acids is 2. The first-order valence-corrected chi connectivity index (χ1v) is 7.12. The van der Waals surface area contributed by atoms with E-state index in [2.05, 4.69) is 25.6 Å². The lowest BCUT2D eigenvalue weighted by Crippen LogP contribution is -2.17. The monoisotopic (exact) mass is 319 g/mol. The summed E-state index contributed by atoms with van der Waals surface area (Å²) in [5.74, 6) is -0.726. The Bertz CT molecular complexity index is 781. The summed E-state index contributed by atoms with van der Waals surface area (Å²) >= 11 is 0. The van der Waals surface area contributed by atoms with Crippen LogP contribution in [-0.2, 0) is 0 Å². The Kier molecular flexibility index (Phi) is 4.52. The minimum absolute atomic E-state index is 0.186. The summed E-state index contributed by atoms with van der Waals surface area (Å²) < 4.78 is 0. The number of hydrogen-bond donors (Lipinski definition) is 2. The number of pyridine rings is 1. The van der Waals surface area contributed by atoms with Crippen molar-refractivity contribution in [3.8, 4) is 0 Å². The van der Waals surface area contributed by atoms with Gasteiger partial charge in [0.15, 0.2) is 0 Å². The number of aromatic nitrogens is 3. The summed E-state index contributed by atoms with van der Waals surface area (Å²) in [5.41, 5.74) is 1.55. The molecule has 24 heavy (non-hydrogen) atoms. The summed E-state index contributed by atoms with van der Waals surface area (Å²) in [7, 11) is 0. The Balaban J connectivity index is 1.78. The molecule has 0 saturated heterocycles. The average molecular weight is 319 g/mol. The Labute approximate surface area is 137 Å². The van der Waals surface area contributed by atoms with Gasteiger partial charge < -0.3 is 10.6 Å². The number of nitrogens with zero attached hydrogens (tertiary/aromatic N) is 3. The zero-order chi connectivity index (χ0) is 16.8. The molecule has 7 heteroatoms. The normalized spacial score (nSPS) is 10.0. The molecule has 3 rings (SSSR count). The van der Waals surface area contributed by atoms with Gasteiger partial charge in [0.25, 0.3) is 11.8 Å². The maximum Gasteiger partial charge on any atom is 0.275 e. The van der Waals surface area contributed by atoms with E-state index in [-0.39, 0.29) is 11.6 Å². The molecule has 2 amide bonds. The van der Waals surface area contributed by atoms with Crippen molar-refractivity contribution >= 4 is 23.2 Å². The van der Waals surface area contributed by atoms with Crippen molar-refractivity contribution in [3.05, 3.63) is 78.6 Å². The number of benzene rings is 1. The maximum atomic E-state index is 12.2. The lowest BCUT2D eigenvalue weighted by Gasteiger charge is -2.11. The third-order valence-electron chi connectivity index (χ3n) is 3.14.